The molecule has 0 atom stereocenters. The van der Waals surface area contributed by atoms with Crippen molar-refractivity contribution in [3.8, 4) is 0 Å². The second-order valence-electron chi connectivity index (χ2n) is 3.99. The van der Waals surface area contributed by atoms with E-state index in [1.54, 1.807) is 0 Å². The molecule has 2 rings (SSSR count). The highest BCUT2D eigenvalue weighted by Crippen LogP contribution is 2.25. The molecule has 0 N–H and O–H groups in total. The molecule has 0 spiro atoms. The lowest BCUT2D eigenvalue weighted by molar-refractivity contribution is 0.112. The summed E-state index contributed by atoms with van der Waals surface area (Å²) in [5.41, 5.74) is 0.855. The monoisotopic (exact) mass is 239 g/mol. The maximum atomic E-state index is 10.8. The van der Waals surface area contributed by atoms with Crippen molar-refractivity contribution in [2.24, 2.45) is 0 Å². The van der Waals surface area contributed by atoms with Crippen LogP contribution >= 0.6 is 11.3 Å². The molecule has 1 aliphatic heterocycles. The van der Waals surface area contributed by atoms with E-state index in [1.807, 2.05) is 6.92 Å². The van der Waals surface area contributed by atoms with Crippen LogP contribution in [-0.2, 0) is 0 Å². The standard InChI is InChI=1S/C11H17N3OS/c1-3-13-4-6-14(7-5-13)11-12-9(2)10(8-15)16-11/h8H,3-7H2,1-2H3. The second kappa shape index (κ2) is 4.93. The third-order valence-electron chi connectivity index (χ3n) is 3.02. The first kappa shape index (κ1) is 11.5. The fraction of sp³-hybridized carbons (Fsp3) is 0.636. The van der Waals surface area contributed by atoms with Gasteiger partial charge in [-0.05, 0) is 13.5 Å². The van der Waals surface area contributed by atoms with Gasteiger partial charge in [-0.2, -0.15) is 0 Å². The fourth-order valence-electron chi connectivity index (χ4n) is 1.89. The number of aldehydes is 1. The SMILES string of the molecule is CCN1CCN(c2nc(C)c(C=O)s2)CC1. The van der Waals surface area contributed by atoms with E-state index in [1.165, 1.54) is 11.3 Å². The predicted molar refractivity (Wildman–Crippen MR) is 66.6 cm³/mol. The average molecular weight is 239 g/mol. The Morgan fingerprint density at radius 3 is 2.56 bits per heavy atom. The molecule has 1 saturated heterocycles. The Morgan fingerprint density at radius 1 is 1.38 bits per heavy atom. The number of carbonyl (C=O) groups excluding carboxylic acids is 1. The molecule has 4 nitrogen and oxygen atoms in total. The van der Waals surface area contributed by atoms with Crippen LogP contribution in [0.25, 0.3) is 0 Å². The van der Waals surface area contributed by atoms with Crippen LogP contribution in [0.15, 0.2) is 0 Å². The van der Waals surface area contributed by atoms with Crippen molar-refractivity contribution in [1.29, 1.82) is 0 Å². The van der Waals surface area contributed by atoms with Crippen LogP contribution in [0.5, 0.6) is 0 Å². The quantitative estimate of drug-likeness (QED) is 0.747. The molecule has 0 aliphatic carbocycles. The number of nitrogens with zero attached hydrogens (tertiary/aromatic N) is 3. The molecule has 1 aliphatic rings. The lowest BCUT2D eigenvalue weighted by atomic mass is 10.3. The maximum absolute atomic E-state index is 10.8. The molecule has 1 aromatic heterocycles. The van der Waals surface area contributed by atoms with Crippen LogP contribution in [0.4, 0.5) is 5.13 Å². The van der Waals surface area contributed by atoms with Crippen LogP contribution in [0.1, 0.15) is 22.3 Å². The van der Waals surface area contributed by atoms with Gasteiger partial charge in [-0.1, -0.05) is 18.3 Å². The van der Waals surface area contributed by atoms with Gasteiger partial charge < -0.3 is 9.80 Å². The van der Waals surface area contributed by atoms with Crippen molar-refractivity contribution in [1.82, 2.24) is 9.88 Å². The molecular weight excluding hydrogens is 222 g/mol. The Morgan fingerprint density at radius 2 is 2.06 bits per heavy atom. The Balaban J connectivity index is 2.05. The first-order valence-electron chi connectivity index (χ1n) is 5.64. The molecule has 5 heteroatoms. The van der Waals surface area contributed by atoms with E-state index in [4.69, 9.17) is 0 Å². The minimum Gasteiger partial charge on any atom is -0.346 e. The number of thiazole rings is 1. The van der Waals surface area contributed by atoms with Gasteiger partial charge in [-0.15, -0.1) is 0 Å². The molecule has 1 aromatic rings. The molecule has 0 unspecified atom stereocenters. The largest absolute Gasteiger partial charge is 0.346 e. The molecular formula is C11H17N3OS. The summed E-state index contributed by atoms with van der Waals surface area (Å²) in [7, 11) is 0. The zero-order valence-corrected chi connectivity index (χ0v) is 10.6. The average Bonchev–Trinajstić information content (AvgIpc) is 2.71. The molecule has 1 fully saturated rings. The van der Waals surface area contributed by atoms with E-state index in [-0.39, 0.29) is 0 Å². The number of aromatic nitrogens is 1. The third-order valence-corrected chi connectivity index (χ3v) is 4.16. The number of hydrogen-bond donors (Lipinski definition) is 0. The molecule has 0 amide bonds. The van der Waals surface area contributed by atoms with Crippen LogP contribution in [0.2, 0.25) is 0 Å². The number of piperazine rings is 1. The summed E-state index contributed by atoms with van der Waals surface area (Å²) in [6, 6.07) is 0. The summed E-state index contributed by atoms with van der Waals surface area (Å²) < 4.78 is 0. The van der Waals surface area contributed by atoms with Gasteiger partial charge in [0.25, 0.3) is 0 Å². The molecule has 16 heavy (non-hydrogen) atoms. The van der Waals surface area contributed by atoms with Crippen molar-refractivity contribution in [3.05, 3.63) is 10.6 Å². The lowest BCUT2D eigenvalue weighted by Gasteiger charge is -2.33. The zero-order valence-electron chi connectivity index (χ0n) is 9.77. The molecule has 0 radical (unpaired) electrons. The number of likely N-dealkylation sites (N-methyl/N-ethyl adjacent to an activating group) is 1. The lowest BCUT2D eigenvalue weighted by Crippen LogP contribution is -2.46. The van der Waals surface area contributed by atoms with Gasteiger partial charge in [-0.25, -0.2) is 4.98 Å². The van der Waals surface area contributed by atoms with E-state index >= 15 is 0 Å². The van der Waals surface area contributed by atoms with Crippen molar-refractivity contribution >= 4 is 22.8 Å². The second-order valence-corrected chi connectivity index (χ2v) is 4.99. The summed E-state index contributed by atoms with van der Waals surface area (Å²) in [5, 5.41) is 0.996. The van der Waals surface area contributed by atoms with Crippen molar-refractivity contribution in [2.45, 2.75) is 13.8 Å². The zero-order chi connectivity index (χ0) is 11.5. The highest BCUT2D eigenvalue weighted by Gasteiger charge is 2.19. The third kappa shape index (κ3) is 2.25. The van der Waals surface area contributed by atoms with Gasteiger partial charge in [0.1, 0.15) is 0 Å². The van der Waals surface area contributed by atoms with Crippen molar-refractivity contribution in [2.75, 3.05) is 37.6 Å². The van der Waals surface area contributed by atoms with Gasteiger partial charge in [0.2, 0.25) is 0 Å². The number of rotatable bonds is 3. The number of anilines is 1. The Kier molecular flexibility index (Phi) is 3.56. The topological polar surface area (TPSA) is 36.4 Å². The molecule has 0 saturated carbocycles. The summed E-state index contributed by atoms with van der Waals surface area (Å²) >= 11 is 1.50. The van der Waals surface area contributed by atoms with E-state index in [0.29, 0.717) is 0 Å². The number of hydrogen-bond acceptors (Lipinski definition) is 5. The predicted octanol–water partition coefficient (Wildman–Crippen LogP) is 1.41. The summed E-state index contributed by atoms with van der Waals surface area (Å²) in [4.78, 5) is 20.7. The highest BCUT2D eigenvalue weighted by molar-refractivity contribution is 7.17. The minimum absolute atomic E-state index is 0.757. The van der Waals surface area contributed by atoms with Crippen molar-refractivity contribution in [3.63, 3.8) is 0 Å². The molecule has 0 bridgehead atoms. The minimum atomic E-state index is 0.757. The Bertz CT molecular complexity index is 369. The van der Waals surface area contributed by atoms with Crippen LogP contribution < -0.4 is 4.90 Å². The Labute approximate surface area is 99.9 Å². The first-order valence-corrected chi connectivity index (χ1v) is 6.46. The fourth-order valence-corrected chi connectivity index (χ4v) is 2.83. The summed E-state index contributed by atoms with van der Waals surface area (Å²) in [6.45, 7) is 9.40. The van der Waals surface area contributed by atoms with E-state index < -0.39 is 0 Å². The Hall–Kier alpha value is -0.940. The molecule has 88 valence electrons. The van der Waals surface area contributed by atoms with Crippen LogP contribution in [-0.4, -0.2) is 48.9 Å². The van der Waals surface area contributed by atoms with Gasteiger partial charge >= 0.3 is 0 Å². The van der Waals surface area contributed by atoms with Gasteiger partial charge in [0.15, 0.2) is 11.4 Å². The smallest absolute Gasteiger partial charge is 0.186 e. The highest BCUT2D eigenvalue weighted by atomic mass is 32.1. The van der Waals surface area contributed by atoms with Gasteiger partial charge in [0, 0.05) is 26.2 Å². The van der Waals surface area contributed by atoms with Crippen LogP contribution in [0, 0.1) is 6.92 Å². The summed E-state index contributed by atoms with van der Waals surface area (Å²) in [6.07, 6.45) is 0.902. The van der Waals surface area contributed by atoms with Crippen molar-refractivity contribution < 1.29 is 4.79 Å². The molecule has 0 aromatic carbocycles. The van der Waals surface area contributed by atoms with Gasteiger partial charge in [-0.3, -0.25) is 4.79 Å². The maximum Gasteiger partial charge on any atom is 0.186 e. The first-order chi connectivity index (χ1) is 7.74. The normalized spacial score (nSPS) is 17.8. The van der Waals surface area contributed by atoms with Gasteiger partial charge in [0.05, 0.1) is 10.6 Å². The molecule has 2 heterocycles. The van der Waals surface area contributed by atoms with E-state index in [9.17, 15) is 4.79 Å². The summed E-state index contributed by atoms with van der Waals surface area (Å²) in [5.74, 6) is 0. The number of aryl methyl sites for hydroxylation is 1. The van der Waals surface area contributed by atoms with E-state index in [0.717, 1.165) is 54.7 Å². The van der Waals surface area contributed by atoms with Crippen LogP contribution in [0.3, 0.4) is 0 Å². The number of carbonyl (C=O) groups is 1. The van der Waals surface area contributed by atoms with E-state index in [2.05, 4.69) is 21.7 Å².